The van der Waals surface area contributed by atoms with Crippen LogP contribution in [0.15, 0.2) is 48.5 Å². The molecule has 90 valence electrons. The fraction of sp³-hybridized carbons (Fsp3) is 0.133. The third-order valence-electron chi connectivity index (χ3n) is 2.66. The van der Waals surface area contributed by atoms with Gasteiger partial charge in [-0.15, -0.1) is 0 Å². The summed E-state index contributed by atoms with van der Waals surface area (Å²) in [6.45, 7) is 0. The summed E-state index contributed by atoms with van der Waals surface area (Å²) < 4.78 is 5.37. The molecule has 3 heteroatoms. The van der Waals surface area contributed by atoms with Gasteiger partial charge in [0, 0.05) is 6.42 Å². The molecule has 0 spiro atoms. The maximum Gasteiger partial charge on any atom is 0.162 e. The van der Waals surface area contributed by atoms with Gasteiger partial charge < -0.3 is 4.74 Å². The number of benzene rings is 2. The standard InChI is InChI=1S/C15H12ClNO/c16-11-18-15-4-2-1-3-14(15)9-12-5-7-13(10-17)8-6-12/h1-8H,9,11H2. The zero-order valence-corrected chi connectivity index (χ0v) is 10.5. The van der Waals surface area contributed by atoms with E-state index in [0.29, 0.717) is 5.56 Å². The zero-order valence-electron chi connectivity index (χ0n) is 9.77. The van der Waals surface area contributed by atoms with Crippen molar-refractivity contribution in [1.29, 1.82) is 5.26 Å². The molecule has 0 radical (unpaired) electrons. The van der Waals surface area contributed by atoms with Gasteiger partial charge in [0.1, 0.15) is 5.75 Å². The van der Waals surface area contributed by atoms with Gasteiger partial charge >= 0.3 is 0 Å². The van der Waals surface area contributed by atoms with Gasteiger partial charge in [-0.25, -0.2) is 0 Å². The van der Waals surface area contributed by atoms with E-state index in [1.807, 2.05) is 48.5 Å². The van der Waals surface area contributed by atoms with E-state index in [4.69, 9.17) is 21.6 Å². The molecule has 0 aliphatic rings. The first-order valence-electron chi connectivity index (χ1n) is 5.59. The lowest BCUT2D eigenvalue weighted by molar-refractivity contribution is 0.384. The molecule has 2 nitrogen and oxygen atoms in total. The molecule has 2 aromatic carbocycles. The lowest BCUT2D eigenvalue weighted by Gasteiger charge is -2.09. The van der Waals surface area contributed by atoms with Crippen LogP contribution in [-0.2, 0) is 6.42 Å². The number of para-hydroxylation sites is 1. The first-order valence-corrected chi connectivity index (χ1v) is 6.12. The second-order valence-corrected chi connectivity index (χ2v) is 4.06. The van der Waals surface area contributed by atoms with Gasteiger partial charge in [0.15, 0.2) is 6.07 Å². The molecular weight excluding hydrogens is 246 g/mol. The molecule has 0 amide bonds. The van der Waals surface area contributed by atoms with Crippen molar-refractivity contribution in [3.63, 3.8) is 0 Å². The first-order chi connectivity index (χ1) is 8.83. The van der Waals surface area contributed by atoms with Gasteiger partial charge in [-0.05, 0) is 29.3 Å². The van der Waals surface area contributed by atoms with Gasteiger partial charge in [0.2, 0.25) is 0 Å². The summed E-state index contributed by atoms with van der Waals surface area (Å²) in [5.74, 6) is 0.803. The summed E-state index contributed by atoms with van der Waals surface area (Å²) >= 11 is 5.59. The van der Waals surface area contributed by atoms with Crippen molar-refractivity contribution in [1.82, 2.24) is 0 Å². The van der Waals surface area contributed by atoms with Gasteiger partial charge in [0.05, 0.1) is 11.6 Å². The van der Waals surface area contributed by atoms with Crippen LogP contribution in [0.1, 0.15) is 16.7 Å². The Balaban J connectivity index is 2.20. The predicted molar refractivity (Wildman–Crippen MR) is 71.8 cm³/mol. The van der Waals surface area contributed by atoms with Crippen LogP contribution in [0, 0.1) is 11.3 Å². The third kappa shape index (κ3) is 3.03. The second-order valence-electron chi connectivity index (χ2n) is 3.85. The van der Waals surface area contributed by atoms with E-state index in [9.17, 15) is 0 Å². The highest BCUT2D eigenvalue weighted by molar-refractivity contribution is 6.17. The van der Waals surface area contributed by atoms with Crippen LogP contribution in [0.3, 0.4) is 0 Å². The molecule has 0 saturated carbocycles. The van der Waals surface area contributed by atoms with Crippen LogP contribution in [-0.4, -0.2) is 6.07 Å². The Labute approximate surface area is 111 Å². The Hall–Kier alpha value is -1.98. The first kappa shape index (κ1) is 12.5. The molecule has 0 unspecified atom stereocenters. The van der Waals surface area contributed by atoms with Crippen LogP contribution >= 0.6 is 11.6 Å². The van der Waals surface area contributed by atoms with Crippen LogP contribution in [0.25, 0.3) is 0 Å². The molecular formula is C15H12ClNO. The minimum absolute atomic E-state index is 0.143. The van der Waals surface area contributed by atoms with E-state index < -0.39 is 0 Å². The van der Waals surface area contributed by atoms with Crippen LogP contribution in [0.2, 0.25) is 0 Å². The molecule has 0 aliphatic heterocycles. The molecule has 0 N–H and O–H groups in total. The summed E-state index contributed by atoms with van der Waals surface area (Å²) in [5, 5.41) is 8.75. The summed E-state index contributed by atoms with van der Waals surface area (Å²) in [6, 6.07) is 17.6. The number of nitriles is 1. The Bertz CT molecular complexity index is 557. The number of hydrogen-bond acceptors (Lipinski definition) is 2. The molecule has 18 heavy (non-hydrogen) atoms. The Morgan fingerprint density at radius 3 is 2.44 bits per heavy atom. The molecule has 0 aliphatic carbocycles. The molecule has 0 aromatic heterocycles. The fourth-order valence-electron chi connectivity index (χ4n) is 1.77. The van der Waals surface area contributed by atoms with E-state index in [1.165, 1.54) is 0 Å². The van der Waals surface area contributed by atoms with E-state index >= 15 is 0 Å². The lowest BCUT2D eigenvalue weighted by atomic mass is 10.0. The van der Waals surface area contributed by atoms with Crippen molar-refractivity contribution in [2.45, 2.75) is 6.42 Å². The average molecular weight is 258 g/mol. The van der Waals surface area contributed by atoms with Crippen molar-refractivity contribution in [2.24, 2.45) is 0 Å². The van der Waals surface area contributed by atoms with Crippen molar-refractivity contribution in [3.05, 3.63) is 65.2 Å². The molecule has 0 fully saturated rings. The Morgan fingerprint density at radius 1 is 1.06 bits per heavy atom. The normalized spacial score (nSPS) is 9.78. The van der Waals surface area contributed by atoms with Crippen LogP contribution in [0.5, 0.6) is 5.75 Å². The number of ether oxygens (including phenoxy) is 1. The molecule has 0 heterocycles. The summed E-state index contributed by atoms with van der Waals surface area (Å²) in [6.07, 6.45) is 0.763. The number of rotatable bonds is 4. The quantitative estimate of drug-likeness (QED) is 0.782. The van der Waals surface area contributed by atoms with Crippen LogP contribution < -0.4 is 4.74 Å². The molecule has 0 bridgehead atoms. The largest absolute Gasteiger partial charge is 0.478 e. The fourth-order valence-corrected chi connectivity index (χ4v) is 1.88. The predicted octanol–water partition coefficient (Wildman–Crippen LogP) is 3.72. The minimum atomic E-state index is 0.143. The maximum atomic E-state index is 8.75. The van der Waals surface area contributed by atoms with E-state index in [0.717, 1.165) is 23.3 Å². The number of hydrogen-bond donors (Lipinski definition) is 0. The summed E-state index contributed by atoms with van der Waals surface area (Å²) in [4.78, 5) is 0. The monoisotopic (exact) mass is 257 g/mol. The summed E-state index contributed by atoms with van der Waals surface area (Å²) in [7, 11) is 0. The average Bonchev–Trinajstić information content (AvgIpc) is 2.42. The Kier molecular flexibility index (Phi) is 4.22. The van der Waals surface area contributed by atoms with Gasteiger partial charge in [-0.2, -0.15) is 5.26 Å². The highest BCUT2D eigenvalue weighted by Crippen LogP contribution is 2.21. The SMILES string of the molecule is N#Cc1ccc(Cc2ccccc2OCCl)cc1. The van der Waals surface area contributed by atoms with Gasteiger partial charge in [0.25, 0.3) is 0 Å². The topological polar surface area (TPSA) is 33.0 Å². The third-order valence-corrected chi connectivity index (χ3v) is 2.77. The number of alkyl halides is 1. The molecule has 2 rings (SSSR count). The highest BCUT2D eigenvalue weighted by Gasteiger charge is 2.03. The number of halogens is 1. The summed E-state index contributed by atoms with van der Waals surface area (Å²) in [5.41, 5.74) is 2.89. The highest BCUT2D eigenvalue weighted by atomic mass is 35.5. The van der Waals surface area contributed by atoms with Crippen LogP contribution in [0.4, 0.5) is 0 Å². The van der Waals surface area contributed by atoms with Crippen molar-refractivity contribution in [3.8, 4) is 11.8 Å². The van der Waals surface area contributed by atoms with E-state index in [1.54, 1.807) is 0 Å². The van der Waals surface area contributed by atoms with Crippen molar-refractivity contribution < 1.29 is 4.74 Å². The minimum Gasteiger partial charge on any atom is -0.478 e. The molecule has 2 aromatic rings. The van der Waals surface area contributed by atoms with Gasteiger partial charge in [-0.3, -0.25) is 0 Å². The second kappa shape index (κ2) is 6.09. The molecule has 0 atom stereocenters. The van der Waals surface area contributed by atoms with Gasteiger partial charge in [-0.1, -0.05) is 41.9 Å². The lowest BCUT2D eigenvalue weighted by Crippen LogP contribution is -1.96. The maximum absolute atomic E-state index is 8.75. The van der Waals surface area contributed by atoms with Crippen molar-refractivity contribution >= 4 is 11.6 Å². The smallest absolute Gasteiger partial charge is 0.162 e. The van der Waals surface area contributed by atoms with E-state index in [-0.39, 0.29) is 6.07 Å². The van der Waals surface area contributed by atoms with Crippen molar-refractivity contribution in [2.75, 3.05) is 6.07 Å². The Morgan fingerprint density at radius 2 is 1.78 bits per heavy atom. The molecule has 0 saturated heterocycles. The number of nitrogens with zero attached hydrogens (tertiary/aromatic N) is 1. The zero-order chi connectivity index (χ0) is 12.8. The van der Waals surface area contributed by atoms with E-state index in [2.05, 4.69) is 6.07 Å².